The number of nitrogens with zero attached hydrogens (tertiary/aromatic N) is 7. The van der Waals surface area contributed by atoms with Gasteiger partial charge in [-0.05, 0) is 73.2 Å². The van der Waals surface area contributed by atoms with Gasteiger partial charge in [-0.1, -0.05) is 11.1 Å². The number of ether oxygens (including phenoxy) is 1. The van der Waals surface area contributed by atoms with Gasteiger partial charge in [0.25, 0.3) is 40.5 Å². The molecule has 0 aliphatic carbocycles. The summed E-state index contributed by atoms with van der Waals surface area (Å²) in [6, 6.07) is 16.4. The number of hydrogen-bond donors (Lipinski definition) is 8. The first-order chi connectivity index (χ1) is 30.6. The Hall–Kier alpha value is -6.17. The van der Waals surface area contributed by atoms with E-state index < -0.39 is 61.8 Å². The van der Waals surface area contributed by atoms with Gasteiger partial charge in [-0.25, -0.2) is 5.26 Å². The standard InChI is InChI=1S/C33H32N10O17S5/c44-19-20-15-22(41-40-21-3-1-4-25(16-21)64(52,53)54)5-8-26(20)35-32-37-31(34-11-14-63(49,50)51)38-33(39-32)36-27-9-6-23(17-29(27)58-12-2-13-62(46,47)48)42-43-28-18-24(61-60-59-45)7-10-30(28)65(55,56)57/h1,3-10,15-19,45H,2,11-14H2,(H,46,47,48)(H,49,50,51)(H,52,53,54)(H,55,56,57)(H3,34,35,36,37,38,39). The molecule has 0 aliphatic rings. The Balaban J connectivity index is 1.48. The van der Waals surface area contributed by atoms with Crippen molar-refractivity contribution in [3.8, 4) is 5.75 Å². The zero-order chi connectivity index (χ0) is 47.4. The van der Waals surface area contributed by atoms with Crippen LogP contribution in [-0.2, 0) is 49.8 Å². The number of rotatable bonds is 23. The van der Waals surface area contributed by atoms with Crippen LogP contribution in [0.25, 0.3) is 0 Å². The van der Waals surface area contributed by atoms with E-state index in [9.17, 15) is 56.7 Å². The van der Waals surface area contributed by atoms with Crippen molar-refractivity contribution < 1.29 is 76.0 Å². The highest BCUT2D eigenvalue weighted by molar-refractivity contribution is 7.94. The summed E-state index contributed by atoms with van der Waals surface area (Å²) in [7, 11) is -18.1. The largest absolute Gasteiger partial charge is 0.491 e. The van der Waals surface area contributed by atoms with E-state index >= 15 is 0 Å². The number of aromatic nitrogens is 3. The average molecular weight is 1000 g/mol. The van der Waals surface area contributed by atoms with Crippen LogP contribution in [0.15, 0.2) is 114 Å². The summed E-state index contributed by atoms with van der Waals surface area (Å²) in [6.07, 6.45) is 0.254. The van der Waals surface area contributed by atoms with Crippen molar-refractivity contribution in [2.24, 2.45) is 20.5 Å². The summed E-state index contributed by atoms with van der Waals surface area (Å²) in [6.45, 7) is -0.694. The Kier molecular flexibility index (Phi) is 16.6. The number of azo groups is 2. The minimum absolute atomic E-state index is 0.00353. The first-order valence-corrected chi connectivity index (χ1v) is 24.4. The highest BCUT2D eigenvalue weighted by atomic mass is 32.2. The van der Waals surface area contributed by atoms with Crippen molar-refractivity contribution in [3.05, 3.63) is 84.4 Å². The number of aldehydes is 1. The van der Waals surface area contributed by atoms with Gasteiger partial charge in [0.15, 0.2) is 6.29 Å². The topological polar surface area (TPSA) is 407 Å². The lowest BCUT2D eigenvalue weighted by molar-refractivity contribution is -0.432. The predicted molar refractivity (Wildman–Crippen MR) is 228 cm³/mol. The molecule has 0 unspecified atom stereocenters. The van der Waals surface area contributed by atoms with Crippen LogP contribution in [0, 0.1) is 0 Å². The molecule has 0 amide bonds. The van der Waals surface area contributed by atoms with Gasteiger partial charge >= 0.3 is 0 Å². The highest BCUT2D eigenvalue weighted by Crippen LogP contribution is 2.36. The normalized spacial score (nSPS) is 12.4. The molecule has 0 bridgehead atoms. The third-order valence-electron chi connectivity index (χ3n) is 7.74. The third kappa shape index (κ3) is 16.1. The van der Waals surface area contributed by atoms with Gasteiger partial charge in [0.05, 0.1) is 63.5 Å². The Morgan fingerprint density at radius 3 is 1.91 bits per heavy atom. The van der Waals surface area contributed by atoms with Gasteiger partial charge in [0, 0.05) is 23.1 Å². The van der Waals surface area contributed by atoms with E-state index in [1.165, 1.54) is 54.6 Å². The Morgan fingerprint density at radius 2 is 1.28 bits per heavy atom. The van der Waals surface area contributed by atoms with Crippen LogP contribution in [0.3, 0.4) is 0 Å². The molecule has 32 heteroatoms. The number of carbonyl (C=O) groups excluding carboxylic acids is 1. The molecule has 65 heavy (non-hydrogen) atoms. The lowest BCUT2D eigenvalue weighted by atomic mass is 10.2. The molecular weight excluding hydrogens is 969 g/mol. The van der Waals surface area contributed by atoms with E-state index in [-0.39, 0.29) is 87.8 Å². The van der Waals surface area contributed by atoms with Crippen LogP contribution in [0.5, 0.6) is 5.75 Å². The van der Waals surface area contributed by atoms with Gasteiger partial charge in [-0.3, -0.25) is 23.0 Å². The molecule has 1 heterocycles. The van der Waals surface area contributed by atoms with Gasteiger partial charge in [0.2, 0.25) is 17.8 Å². The van der Waals surface area contributed by atoms with E-state index in [4.69, 9.17) is 9.99 Å². The van der Waals surface area contributed by atoms with E-state index in [1.54, 1.807) is 0 Å². The molecule has 0 aliphatic heterocycles. The van der Waals surface area contributed by atoms with Crippen molar-refractivity contribution in [1.29, 1.82) is 0 Å². The van der Waals surface area contributed by atoms with Crippen LogP contribution in [0.2, 0.25) is 0 Å². The molecule has 8 N–H and O–H groups in total. The Bertz CT molecular complexity index is 3070. The summed E-state index contributed by atoms with van der Waals surface area (Å²) >= 11 is 0.460. The molecule has 0 atom stereocenters. The maximum Gasteiger partial charge on any atom is 0.296 e. The number of carbonyl (C=O) groups is 1. The molecule has 1 aromatic heterocycles. The number of nitrogens with one attached hydrogen (secondary N) is 3. The van der Waals surface area contributed by atoms with E-state index in [1.807, 2.05) is 0 Å². The highest BCUT2D eigenvalue weighted by Gasteiger charge is 2.18. The second-order valence-corrected chi connectivity index (χ2v) is 19.3. The molecule has 0 spiro atoms. The Morgan fingerprint density at radius 1 is 0.662 bits per heavy atom. The fourth-order valence-electron chi connectivity index (χ4n) is 4.98. The second-order valence-electron chi connectivity index (χ2n) is 12.5. The zero-order valence-corrected chi connectivity index (χ0v) is 36.5. The van der Waals surface area contributed by atoms with Crippen molar-refractivity contribution in [3.63, 3.8) is 0 Å². The number of benzene rings is 4. The fourth-order valence-corrected chi connectivity index (χ4v) is 7.33. The first-order valence-electron chi connectivity index (χ1n) is 17.6. The predicted octanol–water partition coefficient (Wildman–Crippen LogP) is 5.88. The van der Waals surface area contributed by atoms with Crippen molar-refractivity contribution in [2.45, 2.75) is 21.1 Å². The lowest BCUT2D eigenvalue weighted by Gasteiger charge is -2.15. The van der Waals surface area contributed by atoms with Crippen molar-refractivity contribution in [2.75, 3.05) is 40.6 Å². The minimum Gasteiger partial charge on any atom is -0.491 e. The quantitative estimate of drug-likeness (QED) is 0.00720. The maximum absolute atomic E-state index is 12.2. The summed E-state index contributed by atoms with van der Waals surface area (Å²) in [5, 5.41) is 36.2. The van der Waals surface area contributed by atoms with Crippen molar-refractivity contribution in [1.82, 2.24) is 15.0 Å². The van der Waals surface area contributed by atoms with Crippen LogP contribution in [-0.4, -0.2) is 103 Å². The summed E-state index contributed by atoms with van der Waals surface area (Å²) in [5.74, 6) is -2.27. The van der Waals surface area contributed by atoms with Gasteiger partial charge < -0.3 is 20.7 Å². The van der Waals surface area contributed by atoms with Crippen LogP contribution >= 0.6 is 12.0 Å². The summed E-state index contributed by atoms with van der Waals surface area (Å²) in [4.78, 5) is 24.0. The van der Waals surface area contributed by atoms with E-state index in [0.29, 0.717) is 18.3 Å². The molecule has 0 fully saturated rings. The monoisotopic (exact) mass is 1000 g/mol. The lowest BCUT2D eigenvalue weighted by Crippen LogP contribution is -2.17. The molecule has 4 aromatic carbocycles. The van der Waals surface area contributed by atoms with Crippen LogP contribution < -0.4 is 20.7 Å². The summed E-state index contributed by atoms with van der Waals surface area (Å²) < 4.78 is 140. The second kappa shape index (κ2) is 21.7. The third-order valence-corrected chi connectivity index (χ3v) is 11.6. The van der Waals surface area contributed by atoms with E-state index in [0.717, 1.165) is 24.3 Å². The number of hydrogen-bond acceptors (Lipinski definition) is 24. The zero-order valence-electron chi connectivity index (χ0n) is 32.4. The smallest absolute Gasteiger partial charge is 0.296 e. The Labute approximate surface area is 372 Å². The molecule has 346 valence electrons. The van der Waals surface area contributed by atoms with E-state index in [2.05, 4.69) is 60.7 Å². The molecule has 0 saturated carbocycles. The van der Waals surface area contributed by atoms with Crippen LogP contribution in [0.4, 0.5) is 52.0 Å². The molecule has 5 rings (SSSR count). The van der Waals surface area contributed by atoms with Gasteiger partial charge in [-0.15, -0.1) is 9.45 Å². The summed E-state index contributed by atoms with van der Waals surface area (Å²) in [5.41, 5.74) is 0.00450. The minimum atomic E-state index is -4.82. The van der Waals surface area contributed by atoms with Gasteiger partial charge in [0.1, 0.15) is 16.3 Å². The molecule has 27 nitrogen and oxygen atoms in total. The van der Waals surface area contributed by atoms with Gasteiger partial charge in [-0.2, -0.15) is 64.0 Å². The van der Waals surface area contributed by atoms with Crippen LogP contribution in [0.1, 0.15) is 16.8 Å². The van der Waals surface area contributed by atoms with Crippen molar-refractivity contribution >= 4 is 111 Å². The maximum atomic E-state index is 12.2. The average Bonchev–Trinajstić information content (AvgIpc) is 3.22. The SMILES string of the molecule is O=Cc1cc(N=Nc2cccc(S(=O)(=O)O)c2)ccc1Nc1nc(NCCS(=O)(=O)O)nc(Nc2ccc(N=Nc3cc(SOOO)ccc3S(=O)(=O)O)cc2OCCCS(=O)(=O)O)n1. The molecule has 0 saturated heterocycles. The fraction of sp³-hybridized carbons (Fsp3) is 0.152. The number of anilines is 5. The first kappa shape index (κ1) is 49.8. The molecular formula is C33H32N10O17S5. The molecule has 5 aromatic rings. The molecule has 0 radical (unpaired) electrons.